The summed E-state index contributed by atoms with van der Waals surface area (Å²) in [5.74, 6) is 0.470. The number of carbonyl (C=O) groups excluding carboxylic acids is 1. The number of morpholine rings is 1. The lowest BCUT2D eigenvalue weighted by molar-refractivity contribution is -0.132. The van der Waals surface area contributed by atoms with E-state index in [2.05, 4.69) is 30.4 Å². The molecule has 1 fully saturated rings. The first-order chi connectivity index (χ1) is 12.2. The average Bonchev–Trinajstić information content (AvgIpc) is 3.10. The number of hydrogen-bond acceptors (Lipinski definition) is 6. The molecule has 128 valence electrons. The minimum absolute atomic E-state index is 0.215. The van der Waals surface area contributed by atoms with Gasteiger partial charge < -0.3 is 9.64 Å². The molecule has 1 aliphatic heterocycles. The number of pyridine rings is 1. The highest BCUT2D eigenvalue weighted by atomic mass is 16.5. The summed E-state index contributed by atoms with van der Waals surface area (Å²) < 4.78 is 5.49. The highest BCUT2D eigenvalue weighted by Crippen LogP contribution is 2.18. The van der Waals surface area contributed by atoms with Gasteiger partial charge in [-0.25, -0.2) is 4.98 Å². The predicted molar refractivity (Wildman–Crippen MR) is 93.0 cm³/mol. The molecule has 1 aromatic carbocycles. The Labute approximate surface area is 144 Å². The normalized spacial score (nSPS) is 18.4. The Kier molecular flexibility index (Phi) is 4.12. The average molecular weight is 338 g/mol. The van der Waals surface area contributed by atoms with Crippen LogP contribution in [-0.4, -0.2) is 63.8 Å². The van der Waals surface area contributed by atoms with E-state index in [0.717, 1.165) is 17.4 Å². The van der Waals surface area contributed by atoms with Crippen LogP contribution < -0.4 is 5.32 Å². The van der Waals surface area contributed by atoms with Gasteiger partial charge in [0, 0.05) is 18.5 Å². The predicted octanol–water partition coefficient (Wildman–Crippen LogP) is 1.29. The lowest BCUT2D eigenvalue weighted by Gasteiger charge is -2.28. The van der Waals surface area contributed by atoms with Gasteiger partial charge in [0.15, 0.2) is 5.82 Å². The van der Waals surface area contributed by atoms with Gasteiger partial charge >= 0.3 is 0 Å². The molecule has 4 rings (SSSR count). The number of hydrogen-bond donors (Lipinski definition) is 2. The highest BCUT2D eigenvalue weighted by molar-refractivity contribution is 5.93. The number of amides is 1. The lowest BCUT2D eigenvalue weighted by Crippen LogP contribution is -2.46. The molecule has 1 atom stereocenters. The summed E-state index contributed by atoms with van der Waals surface area (Å²) in [6, 6.07) is 11.7. The van der Waals surface area contributed by atoms with Crippen LogP contribution in [0.25, 0.3) is 22.4 Å². The van der Waals surface area contributed by atoms with Gasteiger partial charge in [0.05, 0.1) is 12.1 Å². The number of ether oxygens (including phenoxy) is 1. The van der Waals surface area contributed by atoms with Crippen LogP contribution in [-0.2, 0) is 9.53 Å². The molecular formula is C17H18N6O2. The molecule has 0 bridgehead atoms. The van der Waals surface area contributed by atoms with Crippen molar-refractivity contribution < 1.29 is 9.53 Å². The zero-order valence-electron chi connectivity index (χ0n) is 13.8. The van der Waals surface area contributed by atoms with E-state index in [9.17, 15) is 4.79 Å². The van der Waals surface area contributed by atoms with Crippen LogP contribution in [0.3, 0.4) is 0 Å². The van der Waals surface area contributed by atoms with Crippen molar-refractivity contribution in [2.45, 2.75) is 6.10 Å². The number of fused-ring (bicyclic) bond motifs is 1. The standard InChI is InChI=1S/C17H18N6O2/c1-23-8-9-25-14(10-23)16(24)20-17-19-15(21-22-17)13-7-6-11-4-2-3-5-12(11)18-13/h2-7,14H,8-10H2,1H3,(H2,19,20,21,22,24). The van der Waals surface area contributed by atoms with Crippen molar-refractivity contribution in [1.29, 1.82) is 0 Å². The fourth-order valence-corrected chi connectivity index (χ4v) is 2.76. The van der Waals surface area contributed by atoms with Crippen LogP contribution in [0.1, 0.15) is 0 Å². The molecule has 0 aliphatic carbocycles. The van der Waals surface area contributed by atoms with Crippen molar-refractivity contribution in [3.63, 3.8) is 0 Å². The fourth-order valence-electron chi connectivity index (χ4n) is 2.76. The van der Waals surface area contributed by atoms with E-state index in [4.69, 9.17) is 4.74 Å². The summed E-state index contributed by atoms with van der Waals surface area (Å²) in [7, 11) is 1.96. The topological polar surface area (TPSA) is 96.0 Å². The van der Waals surface area contributed by atoms with E-state index < -0.39 is 6.10 Å². The monoisotopic (exact) mass is 338 g/mol. The van der Waals surface area contributed by atoms with E-state index in [0.29, 0.717) is 24.7 Å². The Balaban J connectivity index is 1.50. The maximum absolute atomic E-state index is 12.3. The number of benzene rings is 1. The first kappa shape index (κ1) is 15.7. The van der Waals surface area contributed by atoms with Crippen molar-refractivity contribution in [3.8, 4) is 11.5 Å². The highest BCUT2D eigenvalue weighted by Gasteiger charge is 2.25. The van der Waals surface area contributed by atoms with Crippen molar-refractivity contribution >= 4 is 22.8 Å². The van der Waals surface area contributed by atoms with Crippen LogP contribution in [0, 0.1) is 0 Å². The van der Waals surface area contributed by atoms with Gasteiger partial charge in [0.2, 0.25) is 5.95 Å². The van der Waals surface area contributed by atoms with E-state index >= 15 is 0 Å². The van der Waals surface area contributed by atoms with Gasteiger partial charge in [-0.3, -0.25) is 15.2 Å². The van der Waals surface area contributed by atoms with Gasteiger partial charge in [-0.2, -0.15) is 4.98 Å². The van der Waals surface area contributed by atoms with Crippen LogP contribution in [0.4, 0.5) is 5.95 Å². The van der Waals surface area contributed by atoms with E-state index in [1.54, 1.807) is 0 Å². The minimum Gasteiger partial charge on any atom is -0.366 e. The summed E-state index contributed by atoms with van der Waals surface area (Å²) >= 11 is 0. The van der Waals surface area contributed by atoms with Crippen LogP contribution >= 0.6 is 0 Å². The number of H-pyrrole nitrogens is 1. The molecule has 2 N–H and O–H groups in total. The number of rotatable bonds is 3. The molecule has 1 aliphatic rings. The molecule has 0 radical (unpaired) electrons. The fraction of sp³-hybridized carbons (Fsp3) is 0.294. The van der Waals surface area contributed by atoms with Crippen LogP contribution in [0.5, 0.6) is 0 Å². The van der Waals surface area contributed by atoms with Crippen molar-refractivity contribution in [3.05, 3.63) is 36.4 Å². The summed E-state index contributed by atoms with van der Waals surface area (Å²) in [5, 5.41) is 10.6. The Morgan fingerprint density at radius 1 is 1.28 bits per heavy atom. The Bertz CT molecular complexity index is 909. The van der Waals surface area contributed by atoms with Crippen LogP contribution in [0.2, 0.25) is 0 Å². The maximum Gasteiger partial charge on any atom is 0.257 e. The third-order valence-electron chi connectivity index (χ3n) is 4.12. The number of likely N-dealkylation sites (N-methyl/N-ethyl adjacent to an activating group) is 1. The van der Waals surface area contributed by atoms with Gasteiger partial charge in [-0.15, -0.1) is 5.10 Å². The minimum atomic E-state index is -0.514. The number of aromatic amines is 1. The molecule has 8 heteroatoms. The summed E-state index contributed by atoms with van der Waals surface area (Å²) in [6.45, 7) is 1.91. The van der Waals surface area contributed by atoms with Crippen molar-refractivity contribution in [2.75, 3.05) is 32.1 Å². The van der Waals surface area contributed by atoms with E-state index in [1.165, 1.54) is 0 Å². The summed E-state index contributed by atoms with van der Waals surface area (Å²) in [6.07, 6.45) is -0.514. The number of para-hydroxylation sites is 1. The number of carbonyl (C=O) groups is 1. The molecule has 0 spiro atoms. The lowest BCUT2D eigenvalue weighted by atomic mass is 10.2. The number of nitrogens with one attached hydrogen (secondary N) is 2. The molecule has 1 amide bonds. The quantitative estimate of drug-likeness (QED) is 0.747. The third kappa shape index (κ3) is 3.35. The van der Waals surface area contributed by atoms with Gasteiger partial charge in [-0.1, -0.05) is 24.3 Å². The smallest absolute Gasteiger partial charge is 0.257 e. The molecule has 1 saturated heterocycles. The van der Waals surface area contributed by atoms with Crippen LogP contribution in [0.15, 0.2) is 36.4 Å². The third-order valence-corrected chi connectivity index (χ3v) is 4.12. The second kappa shape index (κ2) is 6.58. The largest absolute Gasteiger partial charge is 0.366 e. The molecule has 3 heterocycles. The molecule has 2 aromatic heterocycles. The molecule has 8 nitrogen and oxygen atoms in total. The number of nitrogens with zero attached hydrogens (tertiary/aromatic N) is 4. The molecule has 3 aromatic rings. The molecule has 0 saturated carbocycles. The zero-order chi connectivity index (χ0) is 17.2. The first-order valence-corrected chi connectivity index (χ1v) is 8.08. The van der Waals surface area contributed by atoms with Gasteiger partial charge in [0.25, 0.3) is 5.91 Å². The first-order valence-electron chi connectivity index (χ1n) is 8.08. The van der Waals surface area contributed by atoms with Gasteiger partial charge in [-0.05, 0) is 19.2 Å². The molecule has 1 unspecified atom stereocenters. The van der Waals surface area contributed by atoms with E-state index in [1.807, 2.05) is 43.4 Å². The Morgan fingerprint density at radius 3 is 3.04 bits per heavy atom. The second-order valence-corrected chi connectivity index (χ2v) is 6.01. The zero-order valence-corrected chi connectivity index (χ0v) is 13.8. The Hall–Kier alpha value is -2.84. The molecular weight excluding hydrogens is 320 g/mol. The number of aromatic nitrogens is 4. The van der Waals surface area contributed by atoms with Crippen molar-refractivity contribution in [1.82, 2.24) is 25.1 Å². The summed E-state index contributed by atoms with van der Waals surface area (Å²) in [4.78, 5) is 23.2. The number of anilines is 1. The Morgan fingerprint density at radius 2 is 2.16 bits per heavy atom. The van der Waals surface area contributed by atoms with Gasteiger partial charge in [0.1, 0.15) is 11.8 Å². The van der Waals surface area contributed by atoms with Crippen molar-refractivity contribution in [2.24, 2.45) is 0 Å². The SMILES string of the molecule is CN1CCOC(C(=O)Nc2n[nH]c(-c3ccc4ccccc4n3)n2)C1. The second-order valence-electron chi connectivity index (χ2n) is 6.01. The molecule has 25 heavy (non-hydrogen) atoms. The maximum atomic E-state index is 12.3. The van der Waals surface area contributed by atoms with E-state index in [-0.39, 0.29) is 11.9 Å². The summed E-state index contributed by atoms with van der Waals surface area (Å²) in [5.41, 5.74) is 1.54.